The number of aryl methyl sites for hydroxylation is 1. The number of hydrogen-bond donors (Lipinski definition) is 2. The second-order valence-electron chi connectivity index (χ2n) is 6.39. The van der Waals surface area contributed by atoms with Crippen LogP contribution in [0.5, 0.6) is 5.75 Å². The predicted octanol–water partition coefficient (Wildman–Crippen LogP) is 4.26. The Morgan fingerprint density at radius 1 is 1.11 bits per heavy atom. The van der Waals surface area contributed by atoms with Gasteiger partial charge in [-0.05, 0) is 44.2 Å². The van der Waals surface area contributed by atoms with E-state index in [0.717, 1.165) is 38.4 Å². The molecule has 0 atom stereocenters. The first-order valence-corrected chi connectivity index (χ1v) is 9.73. The number of benzene rings is 2. The molecule has 0 unspecified atom stereocenters. The number of carbonyl (C=O) groups is 1. The van der Waals surface area contributed by atoms with Gasteiger partial charge in [0.15, 0.2) is 0 Å². The Hall–Kier alpha value is -2.80. The van der Waals surface area contributed by atoms with E-state index in [1.807, 2.05) is 67.1 Å². The van der Waals surface area contributed by atoms with Crippen LogP contribution in [0.4, 0.5) is 4.79 Å². The summed E-state index contributed by atoms with van der Waals surface area (Å²) in [5.74, 6) is 0.735. The van der Waals surface area contributed by atoms with Crippen molar-refractivity contribution >= 4 is 22.0 Å². The van der Waals surface area contributed by atoms with Crippen LogP contribution in [0.2, 0.25) is 0 Å². The molecule has 0 radical (unpaired) electrons. The SMILES string of the molecule is COc1ccc(Br)cc1CNC(=O)NCc1c(C)nn(-c2ccccc2)c1C. The summed E-state index contributed by atoms with van der Waals surface area (Å²) in [5, 5.41) is 10.4. The van der Waals surface area contributed by atoms with Gasteiger partial charge in [0.2, 0.25) is 0 Å². The van der Waals surface area contributed by atoms with E-state index >= 15 is 0 Å². The summed E-state index contributed by atoms with van der Waals surface area (Å²) in [4.78, 5) is 12.3. The van der Waals surface area contributed by atoms with Gasteiger partial charge < -0.3 is 15.4 Å². The van der Waals surface area contributed by atoms with E-state index in [-0.39, 0.29) is 6.03 Å². The number of rotatable bonds is 6. The first-order chi connectivity index (χ1) is 13.5. The number of hydrogen-bond acceptors (Lipinski definition) is 3. The van der Waals surface area contributed by atoms with Crippen LogP contribution in [0, 0.1) is 13.8 Å². The molecule has 1 heterocycles. The molecule has 0 spiro atoms. The second kappa shape index (κ2) is 8.93. The number of carbonyl (C=O) groups excluding carboxylic acids is 1. The Balaban J connectivity index is 1.63. The van der Waals surface area contributed by atoms with E-state index in [4.69, 9.17) is 4.74 Å². The Labute approximate surface area is 173 Å². The van der Waals surface area contributed by atoms with Crippen LogP contribution in [0.3, 0.4) is 0 Å². The molecule has 2 amide bonds. The molecule has 146 valence electrons. The topological polar surface area (TPSA) is 68.2 Å². The van der Waals surface area contributed by atoms with Crippen molar-refractivity contribution in [3.05, 3.63) is 75.5 Å². The number of nitrogens with one attached hydrogen (secondary N) is 2. The molecule has 3 aromatic rings. The molecule has 0 saturated heterocycles. The minimum atomic E-state index is -0.242. The first-order valence-electron chi connectivity index (χ1n) is 8.94. The number of urea groups is 1. The quantitative estimate of drug-likeness (QED) is 0.598. The summed E-state index contributed by atoms with van der Waals surface area (Å²) in [5.41, 5.74) is 4.82. The lowest BCUT2D eigenvalue weighted by molar-refractivity contribution is 0.240. The van der Waals surface area contributed by atoms with Gasteiger partial charge in [0, 0.05) is 34.4 Å². The van der Waals surface area contributed by atoms with Crippen LogP contribution in [0.25, 0.3) is 5.69 Å². The van der Waals surface area contributed by atoms with Crippen molar-refractivity contribution in [1.29, 1.82) is 0 Å². The van der Waals surface area contributed by atoms with Crippen LogP contribution in [-0.4, -0.2) is 22.9 Å². The van der Waals surface area contributed by atoms with Crippen molar-refractivity contribution in [2.75, 3.05) is 7.11 Å². The van der Waals surface area contributed by atoms with Crippen molar-refractivity contribution < 1.29 is 9.53 Å². The van der Waals surface area contributed by atoms with Crippen molar-refractivity contribution in [2.45, 2.75) is 26.9 Å². The van der Waals surface area contributed by atoms with Crippen LogP contribution in [-0.2, 0) is 13.1 Å². The molecular weight excluding hydrogens is 420 g/mol. The highest BCUT2D eigenvalue weighted by molar-refractivity contribution is 9.10. The fourth-order valence-corrected chi connectivity index (χ4v) is 3.45. The molecule has 7 heteroatoms. The molecule has 0 fully saturated rings. The molecule has 2 N–H and O–H groups in total. The van der Waals surface area contributed by atoms with Gasteiger partial charge in [0.05, 0.1) is 18.5 Å². The first kappa shape index (κ1) is 19.9. The van der Waals surface area contributed by atoms with E-state index in [1.165, 1.54) is 0 Å². The number of aromatic nitrogens is 2. The lowest BCUT2D eigenvalue weighted by Crippen LogP contribution is -2.34. The van der Waals surface area contributed by atoms with Gasteiger partial charge in [0.1, 0.15) is 5.75 Å². The molecule has 0 aliphatic heterocycles. The zero-order valence-corrected chi connectivity index (χ0v) is 17.7. The number of nitrogens with zero attached hydrogens (tertiary/aromatic N) is 2. The molecule has 28 heavy (non-hydrogen) atoms. The third-order valence-corrected chi connectivity index (χ3v) is 5.04. The highest BCUT2D eigenvalue weighted by Gasteiger charge is 2.14. The van der Waals surface area contributed by atoms with Crippen LogP contribution >= 0.6 is 15.9 Å². The molecule has 0 aliphatic carbocycles. The molecular formula is C21H23BrN4O2. The monoisotopic (exact) mass is 442 g/mol. The average molecular weight is 443 g/mol. The van der Waals surface area contributed by atoms with Crippen molar-refractivity contribution in [3.63, 3.8) is 0 Å². The Kier molecular flexibility index (Phi) is 6.36. The molecule has 0 aliphatic rings. The van der Waals surface area contributed by atoms with Crippen LogP contribution in [0.1, 0.15) is 22.5 Å². The van der Waals surface area contributed by atoms with Gasteiger partial charge in [-0.25, -0.2) is 9.48 Å². The summed E-state index contributed by atoms with van der Waals surface area (Å²) < 4.78 is 8.17. The van der Waals surface area contributed by atoms with Crippen LogP contribution in [0.15, 0.2) is 53.0 Å². The minimum absolute atomic E-state index is 0.242. The molecule has 2 aromatic carbocycles. The standard InChI is InChI=1S/C21H23BrN4O2/c1-14-19(15(2)26(25-14)18-7-5-4-6-8-18)13-24-21(27)23-12-16-11-17(22)9-10-20(16)28-3/h4-11H,12-13H2,1-3H3,(H2,23,24,27). The van der Waals surface area contributed by atoms with Crippen LogP contribution < -0.4 is 15.4 Å². The fourth-order valence-electron chi connectivity index (χ4n) is 3.04. The van der Waals surface area contributed by atoms with E-state index < -0.39 is 0 Å². The smallest absolute Gasteiger partial charge is 0.315 e. The number of halogens is 1. The second-order valence-corrected chi connectivity index (χ2v) is 7.30. The van der Waals surface area contributed by atoms with Gasteiger partial charge >= 0.3 is 6.03 Å². The zero-order chi connectivity index (χ0) is 20.1. The van der Waals surface area contributed by atoms with Gasteiger partial charge in [-0.1, -0.05) is 34.1 Å². The van der Waals surface area contributed by atoms with Gasteiger partial charge in [-0.2, -0.15) is 5.10 Å². The van der Waals surface area contributed by atoms with E-state index in [2.05, 4.69) is 31.7 Å². The Bertz CT molecular complexity index is 970. The van der Waals surface area contributed by atoms with Gasteiger partial charge in [-0.3, -0.25) is 0 Å². The third kappa shape index (κ3) is 4.54. The highest BCUT2D eigenvalue weighted by atomic mass is 79.9. The number of methoxy groups -OCH3 is 1. The normalized spacial score (nSPS) is 10.6. The summed E-state index contributed by atoms with van der Waals surface area (Å²) in [6, 6.07) is 15.4. The lowest BCUT2D eigenvalue weighted by Gasteiger charge is -2.11. The molecule has 6 nitrogen and oxygen atoms in total. The van der Waals surface area contributed by atoms with E-state index in [0.29, 0.717) is 13.1 Å². The fraction of sp³-hybridized carbons (Fsp3) is 0.238. The summed E-state index contributed by atoms with van der Waals surface area (Å²) in [6.07, 6.45) is 0. The largest absolute Gasteiger partial charge is 0.496 e. The van der Waals surface area contributed by atoms with E-state index in [1.54, 1.807) is 7.11 Å². The average Bonchev–Trinajstić information content (AvgIpc) is 2.99. The number of amides is 2. The Morgan fingerprint density at radius 2 is 1.82 bits per heavy atom. The summed E-state index contributed by atoms with van der Waals surface area (Å²) in [7, 11) is 1.61. The molecule has 1 aromatic heterocycles. The Morgan fingerprint density at radius 3 is 2.54 bits per heavy atom. The summed E-state index contributed by atoms with van der Waals surface area (Å²) >= 11 is 3.44. The van der Waals surface area contributed by atoms with Gasteiger partial charge in [-0.15, -0.1) is 0 Å². The molecule has 0 saturated carbocycles. The maximum absolute atomic E-state index is 12.3. The summed E-state index contributed by atoms with van der Waals surface area (Å²) in [6.45, 7) is 4.74. The predicted molar refractivity (Wildman–Crippen MR) is 113 cm³/mol. The highest BCUT2D eigenvalue weighted by Crippen LogP contribution is 2.22. The van der Waals surface area contributed by atoms with Crippen molar-refractivity contribution in [1.82, 2.24) is 20.4 Å². The maximum atomic E-state index is 12.3. The maximum Gasteiger partial charge on any atom is 0.315 e. The third-order valence-electron chi connectivity index (χ3n) is 4.55. The lowest BCUT2D eigenvalue weighted by atomic mass is 10.2. The van der Waals surface area contributed by atoms with Gasteiger partial charge in [0.25, 0.3) is 0 Å². The number of para-hydroxylation sites is 1. The molecule has 0 bridgehead atoms. The van der Waals surface area contributed by atoms with E-state index in [9.17, 15) is 4.79 Å². The number of ether oxygens (including phenoxy) is 1. The van der Waals surface area contributed by atoms with Crippen molar-refractivity contribution in [3.8, 4) is 11.4 Å². The molecule has 3 rings (SSSR count). The minimum Gasteiger partial charge on any atom is -0.496 e. The zero-order valence-electron chi connectivity index (χ0n) is 16.1. The van der Waals surface area contributed by atoms with Crippen molar-refractivity contribution in [2.24, 2.45) is 0 Å².